The van der Waals surface area contributed by atoms with E-state index < -0.39 is 0 Å². The van der Waals surface area contributed by atoms with Crippen molar-refractivity contribution in [2.45, 2.75) is 45.2 Å². The van der Waals surface area contributed by atoms with E-state index in [1.54, 1.807) is 6.20 Å². The molecular formula is C21H25N3O. The smallest absolute Gasteiger partial charge is 0.255 e. The molecule has 0 saturated carbocycles. The monoisotopic (exact) mass is 335 g/mol. The van der Waals surface area contributed by atoms with Gasteiger partial charge in [-0.15, -0.1) is 0 Å². The van der Waals surface area contributed by atoms with E-state index in [0.717, 1.165) is 44.7 Å². The number of hydrogen-bond acceptors (Lipinski definition) is 3. The molecule has 2 aliphatic heterocycles. The first-order valence-corrected chi connectivity index (χ1v) is 9.31. The molecule has 1 amide bonds. The zero-order valence-corrected chi connectivity index (χ0v) is 14.8. The van der Waals surface area contributed by atoms with Crippen LogP contribution in [-0.4, -0.2) is 34.9 Å². The molecule has 4 rings (SSSR count). The molecule has 4 heteroatoms. The lowest BCUT2D eigenvalue weighted by Crippen LogP contribution is -2.42. The van der Waals surface area contributed by atoms with Crippen molar-refractivity contribution in [3.8, 4) is 0 Å². The fraction of sp³-hybridized carbons (Fsp3) is 0.429. The van der Waals surface area contributed by atoms with Crippen molar-refractivity contribution < 1.29 is 4.79 Å². The van der Waals surface area contributed by atoms with Crippen LogP contribution in [0, 0.1) is 0 Å². The standard InChI is InChI=1S/C21H25N3O/c1-16-6-4-5-12-24(16)21(25)18-9-10-20(22-14-18)23-13-11-17-7-2-3-8-19(17)15-23/h2-3,7-10,14,16H,4-6,11-13,15H2,1H3. The van der Waals surface area contributed by atoms with Crippen LogP contribution in [0.15, 0.2) is 42.6 Å². The molecule has 1 atom stereocenters. The Bertz CT molecular complexity index is 756. The minimum absolute atomic E-state index is 0.121. The number of likely N-dealkylation sites (tertiary alicyclic amines) is 1. The summed E-state index contributed by atoms with van der Waals surface area (Å²) in [5.74, 6) is 1.08. The van der Waals surface area contributed by atoms with Crippen LogP contribution in [0.5, 0.6) is 0 Å². The summed E-state index contributed by atoms with van der Waals surface area (Å²) in [5.41, 5.74) is 3.51. The average Bonchev–Trinajstić information content (AvgIpc) is 2.67. The summed E-state index contributed by atoms with van der Waals surface area (Å²) < 4.78 is 0. The highest BCUT2D eigenvalue weighted by molar-refractivity contribution is 5.94. The van der Waals surface area contributed by atoms with Crippen LogP contribution in [0.1, 0.15) is 47.7 Å². The van der Waals surface area contributed by atoms with Crippen LogP contribution in [0.4, 0.5) is 5.82 Å². The number of benzene rings is 1. The summed E-state index contributed by atoms with van der Waals surface area (Å²) in [6.07, 6.45) is 6.22. The number of aromatic nitrogens is 1. The van der Waals surface area contributed by atoms with Crippen molar-refractivity contribution in [3.63, 3.8) is 0 Å². The highest BCUT2D eigenvalue weighted by Crippen LogP contribution is 2.24. The van der Waals surface area contributed by atoms with Crippen molar-refractivity contribution >= 4 is 11.7 Å². The van der Waals surface area contributed by atoms with Gasteiger partial charge in [-0.05, 0) is 55.9 Å². The minimum atomic E-state index is 0.121. The molecule has 0 spiro atoms. The number of carbonyl (C=O) groups excluding carboxylic acids is 1. The maximum Gasteiger partial charge on any atom is 0.255 e. The number of piperidine rings is 1. The van der Waals surface area contributed by atoms with E-state index in [0.29, 0.717) is 11.6 Å². The highest BCUT2D eigenvalue weighted by Gasteiger charge is 2.24. The molecule has 0 bridgehead atoms. The molecule has 1 aromatic heterocycles. The van der Waals surface area contributed by atoms with Crippen molar-refractivity contribution in [1.82, 2.24) is 9.88 Å². The van der Waals surface area contributed by atoms with E-state index in [2.05, 4.69) is 41.1 Å². The summed E-state index contributed by atoms with van der Waals surface area (Å²) in [4.78, 5) is 21.6. The topological polar surface area (TPSA) is 36.4 Å². The van der Waals surface area contributed by atoms with Gasteiger partial charge < -0.3 is 9.80 Å². The number of nitrogens with zero attached hydrogens (tertiary/aromatic N) is 3. The van der Waals surface area contributed by atoms with Crippen LogP contribution in [0.2, 0.25) is 0 Å². The molecule has 2 aromatic rings. The number of amides is 1. The lowest BCUT2D eigenvalue weighted by atomic mass is 10.00. The summed E-state index contributed by atoms with van der Waals surface area (Å²) in [6, 6.07) is 12.9. The molecule has 2 aliphatic rings. The second-order valence-corrected chi connectivity index (χ2v) is 7.19. The van der Waals surface area contributed by atoms with E-state index in [9.17, 15) is 4.79 Å². The Morgan fingerprint density at radius 1 is 1.08 bits per heavy atom. The van der Waals surface area contributed by atoms with E-state index in [4.69, 9.17) is 0 Å². The van der Waals surface area contributed by atoms with Gasteiger partial charge in [0.2, 0.25) is 0 Å². The predicted molar refractivity (Wildman–Crippen MR) is 99.8 cm³/mol. The number of carbonyl (C=O) groups is 1. The van der Waals surface area contributed by atoms with Gasteiger partial charge in [0.25, 0.3) is 5.91 Å². The zero-order chi connectivity index (χ0) is 17.2. The van der Waals surface area contributed by atoms with E-state index >= 15 is 0 Å². The summed E-state index contributed by atoms with van der Waals surface area (Å²) in [7, 11) is 0. The molecule has 4 nitrogen and oxygen atoms in total. The minimum Gasteiger partial charge on any atom is -0.352 e. The molecule has 0 N–H and O–H groups in total. The quantitative estimate of drug-likeness (QED) is 0.840. The summed E-state index contributed by atoms with van der Waals surface area (Å²) >= 11 is 0. The number of anilines is 1. The molecule has 25 heavy (non-hydrogen) atoms. The fourth-order valence-electron chi connectivity index (χ4n) is 3.96. The molecule has 1 saturated heterocycles. The SMILES string of the molecule is CC1CCCCN1C(=O)c1ccc(N2CCc3ccccc3C2)nc1. The zero-order valence-electron chi connectivity index (χ0n) is 14.8. The van der Waals surface area contributed by atoms with Crippen LogP contribution in [0.25, 0.3) is 0 Å². The predicted octanol–water partition coefficient (Wildman–Crippen LogP) is 3.66. The molecule has 3 heterocycles. The Morgan fingerprint density at radius 2 is 1.92 bits per heavy atom. The second-order valence-electron chi connectivity index (χ2n) is 7.19. The molecule has 0 radical (unpaired) electrons. The van der Waals surface area contributed by atoms with Crippen molar-refractivity contribution in [2.75, 3.05) is 18.0 Å². The third-order valence-electron chi connectivity index (χ3n) is 5.51. The highest BCUT2D eigenvalue weighted by atomic mass is 16.2. The number of fused-ring (bicyclic) bond motifs is 1. The van der Waals surface area contributed by atoms with Gasteiger partial charge in [0, 0.05) is 31.9 Å². The van der Waals surface area contributed by atoms with Crippen molar-refractivity contribution in [1.29, 1.82) is 0 Å². The Morgan fingerprint density at radius 3 is 2.68 bits per heavy atom. The van der Waals surface area contributed by atoms with E-state index in [1.165, 1.54) is 17.5 Å². The first-order valence-electron chi connectivity index (χ1n) is 9.31. The summed E-state index contributed by atoms with van der Waals surface area (Å²) in [6.45, 7) is 4.87. The maximum absolute atomic E-state index is 12.7. The van der Waals surface area contributed by atoms with Crippen LogP contribution in [0.3, 0.4) is 0 Å². The third kappa shape index (κ3) is 3.26. The van der Waals surface area contributed by atoms with Gasteiger partial charge in [-0.25, -0.2) is 4.98 Å². The Kier molecular flexibility index (Phi) is 4.43. The van der Waals surface area contributed by atoms with E-state index in [-0.39, 0.29) is 5.91 Å². The third-order valence-corrected chi connectivity index (χ3v) is 5.51. The van der Waals surface area contributed by atoms with Crippen LogP contribution in [-0.2, 0) is 13.0 Å². The Hall–Kier alpha value is -2.36. The average molecular weight is 335 g/mol. The van der Waals surface area contributed by atoms with Crippen molar-refractivity contribution in [2.24, 2.45) is 0 Å². The van der Waals surface area contributed by atoms with Gasteiger partial charge in [-0.1, -0.05) is 24.3 Å². The van der Waals surface area contributed by atoms with Gasteiger partial charge in [-0.2, -0.15) is 0 Å². The molecule has 1 aromatic carbocycles. The Balaban J connectivity index is 1.48. The van der Waals surface area contributed by atoms with Crippen LogP contribution < -0.4 is 4.90 Å². The van der Waals surface area contributed by atoms with Gasteiger partial charge in [-0.3, -0.25) is 4.79 Å². The molecule has 0 aliphatic carbocycles. The molecule has 1 unspecified atom stereocenters. The fourth-order valence-corrected chi connectivity index (χ4v) is 3.96. The first-order chi connectivity index (χ1) is 12.2. The van der Waals surface area contributed by atoms with Crippen molar-refractivity contribution in [3.05, 3.63) is 59.3 Å². The maximum atomic E-state index is 12.7. The lowest BCUT2D eigenvalue weighted by molar-refractivity contribution is 0.0635. The number of rotatable bonds is 2. The van der Waals surface area contributed by atoms with Crippen LogP contribution >= 0.6 is 0 Å². The second kappa shape index (κ2) is 6.87. The number of pyridine rings is 1. The largest absolute Gasteiger partial charge is 0.352 e. The van der Waals surface area contributed by atoms with Gasteiger partial charge in [0.1, 0.15) is 5.82 Å². The molecule has 1 fully saturated rings. The normalized spacial score (nSPS) is 20.3. The first kappa shape index (κ1) is 16.1. The molecular weight excluding hydrogens is 310 g/mol. The van der Waals surface area contributed by atoms with Gasteiger partial charge >= 0.3 is 0 Å². The molecule has 130 valence electrons. The number of hydrogen-bond donors (Lipinski definition) is 0. The van der Waals surface area contributed by atoms with E-state index in [1.807, 2.05) is 17.0 Å². The Labute approximate surface area is 149 Å². The summed E-state index contributed by atoms with van der Waals surface area (Å²) in [5, 5.41) is 0. The lowest BCUT2D eigenvalue weighted by Gasteiger charge is -2.33. The van der Waals surface area contributed by atoms with Gasteiger partial charge in [0.15, 0.2) is 0 Å². The van der Waals surface area contributed by atoms with Gasteiger partial charge in [0.05, 0.1) is 5.56 Å².